The summed E-state index contributed by atoms with van der Waals surface area (Å²) in [4.78, 5) is 11.1. The van der Waals surface area contributed by atoms with E-state index in [0.717, 1.165) is 25.2 Å². The van der Waals surface area contributed by atoms with Gasteiger partial charge < -0.3 is 9.84 Å². The van der Waals surface area contributed by atoms with Gasteiger partial charge in [-0.1, -0.05) is 13.3 Å². The van der Waals surface area contributed by atoms with E-state index in [9.17, 15) is 4.79 Å². The number of hydrogen-bond donors (Lipinski definition) is 1. The number of aliphatic carboxylic acids is 1. The predicted octanol–water partition coefficient (Wildman–Crippen LogP) is 2.59. The third-order valence-electron chi connectivity index (χ3n) is 4.20. The lowest BCUT2D eigenvalue weighted by atomic mass is 9.94. The van der Waals surface area contributed by atoms with Crippen molar-refractivity contribution in [2.24, 2.45) is 5.92 Å². The molecule has 3 atom stereocenters. The summed E-state index contributed by atoms with van der Waals surface area (Å²) >= 11 is 0. The Hall–Kier alpha value is -0.570. The molecule has 86 valence electrons. The number of hydrogen-bond acceptors (Lipinski definition) is 2. The Morgan fingerprint density at radius 3 is 2.67 bits per heavy atom. The van der Waals surface area contributed by atoms with E-state index in [1.54, 1.807) is 6.92 Å². The van der Waals surface area contributed by atoms with Crippen molar-refractivity contribution in [3.63, 3.8) is 0 Å². The molecular weight excluding hydrogens is 192 g/mol. The van der Waals surface area contributed by atoms with Gasteiger partial charge in [0, 0.05) is 0 Å². The maximum Gasteiger partial charge on any atom is 0.335 e. The van der Waals surface area contributed by atoms with E-state index < -0.39 is 11.6 Å². The van der Waals surface area contributed by atoms with Crippen molar-refractivity contribution in [2.45, 2.75) is 63.6 Å². The van der Waals surface area contributed by atoms with E-state index in [-0.39, 0.29) is 5.60 Å². The molecular formula is C12H20O3. The van der Waals surface area contributed by atoms with Gasteiger partial charge in [-0.3, -0.25) is 0 Å². The van der Waals surface area contributed by atoms with Gasteiger partial charge in [0.05, 0.1) is 5.60 Å². The average molecular weight is 212 g/mol. The summed E-state index contributed by atoms with van der Waals surface area (Å²) in [6.45, 7) is 3.92. The first-order valence-corrected chi connectivity index (χ1v) is 5.93. The van der Waals surface area contributed by atoms with Gasteiger partial charge in [0.25, 0.3) is 0 Å². The van der Waals surface area contributed by atoms with Gasteiger partial charge >= 0.3 is 5.97 Å². The van der Waals surface area contributed by atoms with Crippen LogP contribution in [0.1, 0.15) is 52.4 Å². The summed E-state index contributed by atoms with van der Waals surface area (Å²) in [5, 5.41) is 9.11. The van der Waals surface area contributed by atoms with Gasteiger partial charge in [-0.25, -0.2) is 4.79 Å². The zero-order valence-electron chi connectivity index (χ0n) is 9.58. The summed E-state index contributed by atoms with van der Waals surface area (Å²) in [5.41, 5.74) is -1.03. The second kappa shape index (κ2) is 3.48. The topological polar surface area (TPSA) is 46.5 Å². The molecule has 15 heavy (non-hydrogen) atoms. The molecule has 2 aliphatic rings. The van der Waals surface area contributed by atoms with Gasteiger partial charge in [0.2, 0.25) is 0 Å². The van der Waals surface area contributed by atoms with Gasteiger partial charge in [-0.2, -0.15) is 0 Å². The van der Waals surface area contributed by atoms with Crippen molar-refractivity contribution < 1.29 is 14.6 Å². The van der Waals surface area contributed by atoms with Crippen LogP contribution in [0.15, 0.2) is 0 Å². The van der Waals surface area contributed by atoms with E-state index in [4.69, 9.17) is 9.84 Å². The summed E-state index contributed by atoms with van der Waals surface area (Å²) < 4.78 is 5.89. The monoisotopic (exact) mass is 212 g/mol. The zero-order chi connectivity index (χ0) is 11.1. The van der Waals surface area contributed by atoms with E-state index in [1.807, 2.05) is 0 Å². The van der Waals surface area contributed by atoms with Crippen molar-refractivity contribution in [1.82, 2.24) is 0 Å². The van der Waals surface area contributed by atoms with Crippen LogP contribution in [-0.2, 0) is 9.53 Å². The summed E-state index contributed by atoms with van der Waals surface area (Å²) in [6.07, 6.45) is 6.09. The van der Waals surface area contributed by atoms with E-state index >= 15 is 0 Å². The van der Waals surface area contributed by atoms with Crippen molar-refractivity contribution in [3.8, 4) is 0 Å². The fourth-order valence-electron chi connectivity index (χ4n) is 3.06. The maximum absolute atomic E-state index is 11.1. The molecule has 0 aromatic heterocycles. The molecule has 1 spiro atoms. The first-order valence-electron chi connectivity index (χ1n) is 5.93. The highest BCUT2D eigenvalue weighted by molar-refractivity contribution is 5.77. The molecule has 2 rings (SSSR count). The second-order valence-electron chi connectivity index (χ2n) is 5.34. The van der Waals surface area contributed by atoms with Crippen LogP contribution in [0, 0.1) is 5.92 Å². The van der Waals surface area contributed by atoms with E-state index in [0.29, 0.717) is 6.42 Å². The quantitative estimate of drug-likeness (QED) is 0.765. The number of carbonyl (C=O) groups is 1. The molecule has 0 aromatic carbocycles. The third-order valence-corrected chi connectivity index (χ3v) is 4.20. The molecule has 2 fully saturated rings. The van der Waals surface area contributed by atoms with Crippen molar-refractivity contribution >= 4 is 5.97 Å². The Morgan fingerprint density at radius 2 is 2.20 bits per heavy atom. The molecule has 0 amide bonds. The lowest BCUT2D eigenvalue weighted by Gasteiger charge is -2.27. The van der Waals surface area contributed by atoms with Crippen molar-refractivity contribution in [1.29, 1.82) is 0 Å². The summed E-state index contributed by atoms with van der Waals surface area (Å²) in [7, 11) is 0. The molecule has 0 aromatic rings. The highest BCUT2D eigenvalue weighted by Crippen LogP contribution is 2.50. The fourth-order valence-corrected chi connectivity index (χ4v) is 3.06. The first kappa shape index (κ1) is 10.9. The van der Waals surface area contributed by atoms with Crippen LogP contribution < -0.4 is 0 Å². The fraction of sp³-hybridized carbons (Fsp3) is 0.917. The smallest absolute Gasteiger partial charge is 0.335 e. The standard InChI is InChI=1S/C12H20O3/c1-3-9-4-5-12(8-9)7-6-11(2,15-12)10(13)14/h9H,3-8H2,1-2H3,(H,13,14). The molecule has 1 aliphatic heterocycles. The van der Waals surface area contributed by atoms with Gasteiger partial charge in [-0.05, 0) is 44.9 Å². The highest BCUT2D eigenvalue weighted by Gasteiger charge is 2.53. The number of carboxylic acid groups (broad SMARTS) is 1. The van der Waals surface area contributed by atoms with Crippen molar-refractivity contribution in [2.75, 3.05) is 0 Å². The lowest BCUT2D eigenvalue weighted by molar-refractivity contribution is -0.170. The van der Waals surface area contributed by atoms with Gasteiger partial charge in [0.1, 0.15) is 0 Å². The third kappa shape index (κ3) is 1.78. The minimum absolute atomic E-state index is 0.103. The molecule has 1 saturated carbocycles. The van der Waals surface area contributed by atoms with Gasteiger partial charge in [0.15, 0.2) is 5.60 Å². The molecule has 1 N–H and O–H groups in total. The van der Waals surface area contributed by atoms with E-state index in [1.165, 1.54) is 12.8 Å². The maximum atomic E-state index is 11.1. The van der Waals surface area contributed by atoms with Crippen LogP contribution in [0.3, 0.4) is 0 Å². The second-order valence-corrected chi connectivity index (χ2v) is 5.34. The molecule has 1 aliphatic carbocycles. The number of ether oxygens (including phenoxy) is 1. The molecule has 3 heteroatoms. The minimum Gasteiger partial charge on any atom is -0.479 e. The zero-order valence-corrected chi connectivity index (χ0v) is 9.58. The highest BCUT2D eigenvalue weighted by atomic mass is 16.6. The lowest BCUT2D eigenvalue weighted by Crippen LogP contribution is -2.38. The molecule has 0 radical (unpaired) electrons. The Kier molecular flexibility index (Phi) is 2.53. The Labute approximate surface area is 90.8 Å². The molecule has 3 nitrogen and oxygen atoms in total. The van der Waals surface area contributed by atoms with Crippen LogP contribution in [0.4, 0.5) is 0 Å². The molecule has 1 saturated heterocycles. The number of rotatable bonds is 2. The van der Waals surface area contributed by atoms with Gasteiger partial charge in [-0.15, -0.1) is 0 Å². The van der Waals surface area contributed by atoms with Crippen LogP contribution in [-0.4, -0.2) is 22.3 Å². The predicted molar refractivity (Wildman–Crippen MR) is 56.7 cm³/mol. The number of carboxylic acids is 1. The molecule has 1 heterocycles. The Bertz CT molecular complexity index is 276. The van der Waals surface area contributed by atoms with Crippen LogP contribution in [0.5, 0.6) is 0 Å². The van der Waals surface area contributed by atoms with Crippen molar-refractivity contribution in [3.05, 3.63) is 0 Å². The van der Waals surface area contributed by atoms with Crippen LogP contribution in [0.2, 0.25) is 0 Å². The minimum atomic E-state index is -0.928. The van der Waals surface area contributed by atoms with E-state index in [2.05, 4.69) is 6.92 Å². The normalized spacial score (nSPS) is 45.1. The summed E-state index contributed by atoms with van der Waals surface area (Å²) in [5.74, 6) is -0.0690. The molecule has 0 bridgehead atoms. The first-order chi connectivity index (χ1) is 7.00. The largest absolute Gasteiger partial charge is 0.479 e. The van der Waals surface area contributed by atoms with Crippen LogP contribution >= 0.6 is 0 Å². The Balaban J connectivity index is 2.06. The average Bonchev–Trinajstić information content (AvgIpc) is 2.73. The Morgan fingerprint density at radius 1 is 1.47 bits per heavy atom. The SMILES string of the molecule is CCC1CCC2(CCC(C)(C(=O)O)O2)C1. The summed E-state index contributed by atoms with van der Waals surface area (Å²) in [6, 6.07) is 0. The van der Waals surface area contributed by atoms with Crippen LogP contribution in [0.25, 0.3) is 0 Å². The molecule has 3 unspecified atom stereocenters.